The van der Waals surface area contributed by atoms with Gasteiger partial charge in [0.1, 0.15) is 0 Å². The van der Waals surface area contributed by atoms with Crippen LogP contribution < -0.4 is 0 Å². The first-order valence-electron chi connectivity index (χ1n) is 7.97. The zero-order chi connectivity index (χ0) is 14.3. The summed E-state index contributed by atoms with van der Waals surface area (Å²) < 4.78 is 5.30. The molecule has 2 nitrogen and oxygen atoms in total. The quantitative estimate of drug-likeness (QED) is 0.808. The Balaban J connectivity index is 1.84. The van der Waals surface area contributed by atoms with Gasteiger partial charge in [-0.3, -0.25) is 4.90 Å². The number of likely N-dealkylation sites (N-methyl/N-ethyl adjacent to an activating group) is 1. The van der Waals surface area contributed by atoms with Crippen molar-refractivity contribution in [1.82, 2.24) is 4.90 Å². The van der Waals surface area contributed by atoms with Crippen molar-refractivity contribution >= 4 is 0 Å². The van der Waals surface area contributed by atoms with Crippen molar-refractivity contribution in [2.45, 2.75) is 58.0 Å². The molecule has 0 N–H and O–H groups in total. The number of aryl methyl sites for hydroxylation is 1. The summed E-state index contributed by atoms with van der Waals surface area (Å²) >= 11 is 0. The van der Waals surface area contributed by atoms with E-state index in [0.29, 0.717) is 12.0 Å². The summed E-state index contributed by atoms with van der Waals surface area (Å²) in [6, 6.07) is 5.56. The first kappa shape index (κ1) is 14.1. The van der Waals surface area contributed by atoms with Gasteiger partial charge in [0.15, 0.2) is 0 Å². The van der Waals surface area contributed by atoms with Crippen LogP contribution in [0.15, 0.2) is 12.1 Å². The molecule has 0 bridgehead atoms. The molecule has 2 heteroatoms. The Hall–Kier alpha value is -0.860. The molecule has 20 heavy (non-hydrogen) atoms. The summed E-state index contributed by atoms with van der Waals surface area (Å²) in [5.41, 5.74) is 6.15. The van der Waals surface area contributed by atoms with E-state index in [1.807, 2.05) is 0 Å². The van der Waals surface area contributed by atoms with Crippen molar-refractivity contribution in [2.24, 2.45) is 0 Å². The second kappa shape index (κ2) is 5.50. The average molecular weight is 273 g/mol. The van der Waals surface area contributed by atoms with Gasteiger partial charge < -0.3 is 4.74 Å². The molecule has 110 valence electrons. The van der Waals surface area contributed by atoms with E-state index in [2.05, 4.69) is 44.9 Å². The van der Waals surface area contributed by atoms with Crippen LogP contribution >= 0.6 is 0 Å². The molecule has 0 atom stereocenters. The van der Waals surface area contributed by atoms with Gasteiger partial charge in [0, 0.05) is 6.54 Å². The van der Waals surface area contributed by atoms with Crippen LogP contribution in [0.2, 0.25) is 0 Å². The number of hydrogen-bond acceptors (Lipinski definition) is 2. The third-order valence-electron chi connectivity index (χ3n) is 4.84. The van der Waals surface area contributed by atoms with Crippen LogP contribution in [-0.4, -0.2) is 31.2 Å². The SMILES string of the molecule is Cc1cc(C(C)C)c(C2CC2)cc1CN(C)C1COC1. The summed E-state index contributed by atoms with van der Waals surface area (Å²) in [4.78, 5) is 2.44. The maximum atomic E-state index is 5.30. The van der Waals surface area contributed by atoms with Crippen molar-refractivity contribution < 1.29 is 4.74 Å². The highest BCUT2D eigenvalue weighted by atomic mass is 16.5. The minimum Gasteiger partial charge on any atom is -0.378 e. The monoisotopic (exact) mass is 273 g/mol. The molecule has 1 saturated carbocycles. The van der Waals surface area contributed by atoms with Crippen LogP contribution in [-0.2, 0) is 11.3 Å². The smallest absolute Gasteiger partial charge is 0.0645 e. The molecule has 1 aliphatic heterocycles. The van der Waals surface area contributed by atoms with Crippen molar-refractivity contribution in [3.8, 4) is 0 Å². The minimum atomic E-state index is 0.614. The van der Waals surface area contributed by atoms with Gasteiger partial charge in [0.2, 0.25) is 0 Å². The number of rotatable bonds is 5. The standard InChI is InChI=1S/C18H27NO/c1-12(2)17-7-13(3)15(8-18(17)14-5-6-14)9-19(4)16-10-20-11-16/h7-8,12,14,16H,5-6,9-11H2,1-4H3. The number of ether oxygens (including phenoxy) is 1. The molecule has 0 amide bonds. The molecular formula is C18H27NO. The molecule has 3 rings (SSSR count). The molecule has 0 radical (unpaired) electrons. The van der Waals surface area contributed by atoms with Crippen molar-refractivity contribution in [3.63, 3.8) is 0 Å². The predicted octanol–water partition coefficient (Wildman–Crippen LogP) is 3.83. The number of benzene rings is 1. The summed E-state index contributed by atoms with van der Waals surface area (Å²) in [6.45, 7) is 9.75. The van der Waals surface area contributed by atoms with E-state index >= 15 is 0 Å². The Morgan fingerprint density at radius 3 is 2.45 bits per heavy atom. The highest BCUT2D eigenvalue weighted by Crippen LogP contribution is 2.44. The summed E-state index contributed by atoms with van der Waals surface area (Å²) in [5.74, 6) is 1.47. The molecule has 0 aromatic heterocycles. The Labute approximate surface area is 123 Å². The maximum Gasteiger partial charge on any atom is 0.0645 e. The highest BCUT2D eigenvalue weighted by Gasteiger charge is 2.28. The third-order valence-corrected chi connectivity index (χ3v) is 4.84. The molecule has 1 aliphatic carbocycles. The minimum absolute atomic E-state index is 0.614. The van der Waals surface area contributed by atoms with Gasteiger partial charge in [-0.15, -0.1) is 0 Å². The molecule has 2 fully saturated rings. The maximum absolute atomic E-state index is 5.30. The van der Waals surface area contributed by atoms with E-state index in [1.165, 1.54) is 24.0 Å². The first-order valence-corrected chi connectivity index (χ1v) is 7.97. The lowest BCUT2D eigenvalue weighted by molar-refractivity contribution is -0.0587. The molecule has 0 spiro atoms. The highest BCUT2D eigenvalue weighted by molar-refractivity contribution is 5.43. The lowest BCUT2D eigenvalue weighted by Gasteiger charge is -2.35. The molecule has 1 saturated heterocycles. The van der Waals surface area contributed by atoms with Gasteiger partial charge >= 0.3 is 0 Å². The van der Waals surface area contributed by atoms with Gasteiger partial charge in [-0.05, 0) is 60.9 Å². The summed E-state index contributed by atoms with van der Waals surface area (Å²) in [5, 5.41) is 0. The van der Waals surface area contributed by atoms with Crippen LogP contribution in [0.5, 0.6) is 0 Å². The van der Waals surface area contributed by atoms with E-state index in [0.717, 1.165) is 25.7 Å². The normalized spacial score (nSPS) is 19.7. The fourth-order valence-electron chi connectivity index (χ4n) is 3.09. The zero-order valence-corrected chi connectivity index (χ0v) is 13.3. The molecule has 0 unspecified atom stereocenters. The van der Waals surface area contributed by atoms with Crippen LogP contribution in [0.1, 0.15) is 60.8 Å². The molecule has 1 aromatic rings. The van der Waals surface area contributed by atoms with Crippen molar-refractivity contribution in [2.75, 3.05) is 20.3 Å². The third kappa shape index (κ3) is 2.77. The van der Waals surface area contributed by atoms with E-state index in [1.54, 1.807) is 11.1 Å². The van der Waals surface area contributed by atoms with E-state index in [9.17, 15) is 0 Å². The van der Waals surface area contributed by atoms with Crippen LogP contribution in [0, 0.1) is 6.92 Å². The molecule has 1 aromatic carbocycles. The van der Waals surface area contributed by atoms with Crippen LogP contribution in [0.25, 0.3) is 0 Å². The topological polar surface area (TPSA) is 12.5 Å². The van der Waals surface area contributed by atoms with E-state index < -0.39 is 0 Å². The molecular weight excluding hydrogens is 246 g/mol. The second-order valence-electron chi connectivity index (χ2n) is 6.94. The largest absolute Gasteiger partial charge is 0.378 e. The van der Waals surface area contributed by atoms with Gasteiger partial charge in [-0.2, -0.15) is 0 Å². The van der Waals surface area contributed by atoms with Crippen molar-refractivity contribution in [1.29, 1.82) is 0 Å². The summed E-state index contributed by atoms with van der Waals surface area (Å²) in [7, 11) is 2.22. The Bertz CT molecular complexity index is 486. The van der Waals surface area contributed by atoms with E-state index in [-0.39, 0.29) is 0 Å². The van der Waals surface area contributed by atoms with Crippen LogP contribution in [0.3, 0.4) is 0 Å². The number of hydrogen-bond donors (Lipinski definition) is 0. The van der Waals surface area contributed by atoms with Gasteiger partial charge in [0.25, 0.3) is 0 Å². The summed E-state index contributed by atoms with van der Waals surface area (Å²) in [6.07, 6.45) is 2.77. The Morgan fingerprint density at radius 2 is 1.95 bits per heavy atom. The zero-order valence-electron chi connectivity index (χ0n) is 13.3. The molecule has 1 heterocycles. The van der Waals surface area contributed by atoms with Crippen LogP contribution in [0.4, 0.5) is 0 Å². The molecule has 2 aliphatic rings. The van der Waals surface area contributed by atoms with E-state index in [4.69, 9.17) is 4.74 Å². The Kier molecular flexibility index (Phi) is 3.87. The fourth-order valence-corrected chi connectivity index (χ4v) is 3.09. The lowest BCUT2D eigenvalue weighted by atomic mass is 9.90. The fraction of sp³-hybridized carbons (Fsp3) is 0.667. The second-order valence-corrected chi connectivity index (χ2v) is 6.94. The van der Waals surface area contributed by atoms with Crippen molar-refractivity contribution in [3.05, 3.63) is 34.4 Å². The predicted molar refractivity (Wildman–Crippen MR) is 83.3 cm³/mol. The van der Waals surface area contributed by atoms with Gasteiger partial charge in [0.05, 0.1) is 19.3 Å². The first-order chi connectivity index (χ1) is 9.56. The Morgan fingerprint density at radius 1 is 1.25 bits per heavy atom. The average Bonchev–Trinajstić information content (AvgIpc) is 3.12. The lowest BCUT2D eigenvalue weighted by Crippen LogP contribution is -2.46. The number of nitrogens with zero attached hydrogens (tertiary/aromatic N) is 1. The van der Waals surface area contributed by atoms with Gasteiger partial charge in [-0.25, -0.2) is 0 Å². The van der Waals surface area contributed by atoms with Gasteiger partial charge in [-0.1, -0.05) is 26.0 Å².